The maximum atomic E-state index is 9.97. The molecule has 1 atom stereocenters. The maximum Gasteiger partial charge on any atom is 0.119 e. The summed E-state index contributed by atoms with van der Waals surface area (Å²) in [4.78, 5) is 0. The molecule has 0 saturated heterocycles. The Morgan fingerprint density at radius 3 is 2.76 bits per heavy atom. The van der Waals surface area contributed by atoms with Crippen molar-refractivity contribution in [3.8, 4) is 5.75 Å². The van der Waals surface area contributed by atoms with Gasteiger partial charge in [0, 0.05) is 16.7 Å². The Labute approximate surface area is 134 Å². The Morgan fingerprint density at radius 1 is 1.19 bits per heavy atom. The number of hydrogen-bond acceptors (Lipinski definition) is 3. The van der Waals surface area contributed by atoms with E-state index in [1.54, 1.807) is 0 Å². The second-order valence-electron chi connectivity index (χ2n) is 4.86. The molecular weight excluding hydrogens is 330 g/mol. The number of halogens is 1. The quantitative estimate of drug-likeness (QED) is 0.797. The van der Waals surface area contributed by atoms with Gasteiger partial charge in [0.25, 0.3) is 0 Å². The van der Waals surface area contributed by atoms with Gasteiger partial charge < -0.3 is 15.2 Å². The van der Waals surface area contributed by atoms with Crippen LogP contribution in [-0.4, -0.2) is 24.4 Å². The Hall–Kier alpha value is -1.52. The zero-order chi connectivity index (χ0) is 15.1. The minimum absolute atomic E-state index is 0.272. The first-order valence-corrected chi connectivity index (χ1v) is 7.86. The van der Waals surface area contributed by atoms with E-state index in [2.05, 4.69) is 34.2 Å². The highest BCUT2D eigenvalue weighted by Crippen LogP contribution is 2.16. The van der Waals surface area contributed by atoms with E-state index < -0.39 is 6.10 Å². The van der Waals surface area contributed by atoms with Crippen molar-refractivity contribution in [1.82, 2.24) is 0 Å². The van der Waals surface area contributed by atoms with Crippen LogP contribution >= 0.6 is 15.9 Å². The molecule has 0 heterocycles. The molecule has 0 amide bonds. The lowest BCUT2D eigenvalue weighted by atomic mass is 10.2. The van der Waals surface area contributed by atoms with E-state index in [9.17, 15) is 5.11 Å². The van der Waals surface area contributed by atoms with E-state index in [4.69, 9.17) is 4.74 Å². The number of hydrogen-bond donors (Lipinski definition) is 2. The molecule has 0 saturated carbocycles. The van der Waals surface area contributed by atoms with Gasteiger partial charge in [0.15, 0.2) is 0 Å². The van der Waals surface area contributed by atoms with E-state index in [0.29, 0.717) is 6.54 Å². The molecule has 0 spiro atoms. The summed E-state index contributed by atoms with van der Waals surface area (Å²) in [6, 6.07) is 15.8. The second kappa shape index (κ2) is 8.05. The summed E-state index contributed by atoms with van der Waals surface area (Å²) in [5, 5.41) is 13.2. The topological polar surface area (TPSA) is 41.5 Å². The van der Waals surface area contributed by atoms with Crippen LogP contribution in [0.5, 0.6) is 5.75 Å². The zero-order valence-corrected chi connectivity index (χ0v) is 13.6. The summed E-state index contributed by atoms with van der Waals surface area (Å²) in [6.07, 6.45) is 0.416. The fraction of sp³-hybridized carbons (Fsp3) is 0.294. The highest BCUT2D eigenvalue weighted by molar-refractivity contribution is 9.10. The average Bonchev–Trinajstić information content (AvgIpc) is 2.51. The van der Waals surface area contributed by atoms with Crippen LogP contribution in [0, 0.1) is 0 Å². The van der Waals surface area contributed by atoms with Crippen molar-refractivity contribution in [2.75, 3.05) is 18.5 Å². The molecular formula is C17H20BrNO2. The van der Waals surface area contributed by atoms with Crippen LogP contribution in [0.1, 0.15) is 12.5 Å². The minimum Gasteiger partial charge on any atom is -0.491 e. The normalized spacial score (nSPS) is 12.0. The second-order valence-corrected chi connectivity index (χ2v) is 5.77. The smallest absolute Gasteiger partial charge is 0.119 e. The van der Waals surface area contributed by atoms with Crippen LogP contribution in [-0.2, 0) is 6.42 Å². The average molecular weight is 350 g/mol. The third kappa shape index (κ3) is 5.40. The monoisotopic (exact) mass is 349 g/mol. The summed E-state index contributed by atoms with van der Waals surface area (Å²) in [6.45, 7) is 2.83. The van der Waals surface area contributed by atoms with Crippen molar-refractivity contribution in [2.24, 2.45) is 0 Å². The Bertz CT molecular complexity index is 574. The van der Waals surface area contributed by atoms with Crippen LogP contribution in [0.2, 0.25) is 0 Å². The SMILES string of the molecule is CCc1cccc(OCC(O)CNc2cccc(Br)c2)c1. The number of rotatable bonds is 7. The number of benzene rings is 2. The summed E-state index contributed by atoms with van der Waals surface area (Å²) in [5.74, 6) is 0.802. The standard InChI is InChI=1S/C17H20BrNO2/c1-2-13-5-3-8-17(9-13)21-12-16(20)11-19-15-7-4-6-14(18)10-15/h3-10,16,19-20H,2,11-12H2,1H3. The number of aliphatic hydroxyl groups is 1. The van der Waals surface area contributed by atoms with Crippen molar-refractivity contribution in [3.63, 3.8) is 0 Å². The summed E-state index contributed by atoms with van der Waals surface area (Å²) < 4.78 is 6.63. The lowest BCUT2D eigenvalue weighted by Crippen LogP contribution is -2.26. The van der Waals surface area contributed by atoms with E-state index in [-0.39, 0.29) is 6.61 Å². The Balaban J connectivity index is 1.78. The first-order chi connectivity index (χ1) is 10.2. The van der Waals surface area contributed by atoms with Crippen LogP contribution in [0.25, 0.3) is 0 Å². The predicted molar refractivity (Wildman–Crippen MR) is 90.0 cm³/mol. The molecule has 0 fully saturated rings. The van der Waals surface area contributed by atoms with Gasteiger partial charge in [-0.1, -0.05) is 41.1 Å². The van der Waals surface area contributed by atoms with Crippen LogP contribution in [0.3, 0.4) is 0 Å². The first-order valence-electron chi connectivity index (χ1n) is 7.06. The Morgan fingerprint density at radius 2 is 2.00 bits per heavy atom. The molecule has 2 aromatic rings. The highest BCUT2D eigenvalue weighted by Gasteiger charge is 2.05. The fourth-order valence-electron chi connectivity index (χ4n) is 1.94. The highest BCUT2D eigenvalue weighted by atomic mass is 79.9. The lowest BCUT2D eigenvalue weighted by molar-refractivity contribution is 0.117. The van der Waals surface area contributed by atoms with Crippen LogP contribution < -0.4 is 10.1 Å². The van der Waals surface area contributed by atoms with Gasteiger partial charge in [-0.05, 0) is 42.3 Å². The number of anilines is 1. The molecule has 0 aliphatic heterocycles. The van der Waals surface area contributed by atoms with Gasteiger partial charge in [-0.3, -0.25) is 0 Å². The summed E-state index contributed by atoms with van der Waals surface area (Å²) in [5.41, 5.74) is 2.20. The van der Waals surface area contributed by atoms with Gasteiger partial charge >= 0.3 is 0 Å². The molecule has 21 heavy (non-hydrogen) atoms. The minimum atomic E-state index is -0.561. The molecule has 1 unspecified atom stereocenters. The van der Waals surface area contributed by atoms with Crippen molar-refractivity contribution >= 4 is 21.6 Å². The Kier molecular flexibility index (Phi) is 6.08. The molecule has 0 bridgehead atoms. The lowest BCUT2D eigenvalue weighted by Gasteiger charge is -2.14. The third-order valence-corrected chi connectivity index (χ3v) is 3.61. The van der Waals surface area contributed by atoms with Crippen molar-refractivity contribution in [1.29, 1.82) is 0 Å². The van der Waals surface area contributed by atoms with Gasteiger partial charge in [0.1, 0.15) is 18.5 Å². The van der Waals surface area contributed by atoms with Gasteiger partial charge in [-0.25, -0.2) is 0 Å². The van der Waals surface area contributed by atoms with Crippen LogP contribution in [0.15, 0.2) is 53.0 Å². The maximum absolute atomic E-state index is 9.97. The van der Waals surface area contributed by atoms with Crippen molar-refractivity contribution in [3.05, 3.63) is 58.6 Å². The van der Waals surface area contributed by atoms with Gasteiger partial charge in [0.05, 0.1) is 0 Å². The van der Waals surface area contributed by atoms with Crippen molar-refractivity contribution in [2.45, 2.75) is 19.4 Å². The molecule has 0 aromatic heterocycles. The number of nitrogens with one attached hydrogen (secondary N) is 1. The van der Waals surface area contributed by atoms with Gasteiger partial charge in [0.2, 0.25) is 0 Å². The van der Waals surface area contributed by atoms with Crippen LogP contribution in [0.4, 0.5) is 5.69 Å². The molecule has 112 valence electrons. The molecule has 0 radical (unpaired) electrons. The van der Waals surface area contributed by atoms with Crippen molar-refractivity contribution < 1.29 is 9.84 Å². The molecule has 2 aromatic carbocycles. The number of aliphatic hydroxyl groups excluding tert-OH is 1. The molecule has 3 nitrogen and oxygen atoms in total. The van der Waals surface area contributed by atoms with E-state index in [1.165, 1.54) is 5.56 Å². The predicted octanol–water partition coefficient (Wildman–Crippen LogP) is 3.86. The number of ether oxygens (including phenoxy) is 1. The molecule has 0 aliphatic rings. The third-order valence-electron chi connectivity index (χ3n) is 3.12. The van der Waals surface area contributed by atoms with E-state index >= 15 is 0 Å². The first kappa shape index (κ1) is 15.9. The summed E-state index contributed by atoms with van der Waals surface area (Å²) in [7, 11) is 0. The van der Waals surface area contributed by atoms with Gasteiger partial charge in [-0.15, -0.1) is 0 Å². The molecule has 4 heteroatoms. The zero-order valence-electron chi connectivity index (χ0n) is 12.1. The number of aryl methyl sites for hydroxylation is 1. The van der Waals surface area contributed by atoms with Gasteiger partial charge in [-0.2, -0.15) is 0 Å². The molecule has 0 aliphatic carbocycles. The molecule has 2 rings (SSSR count). The van der Waals surface area contributed by atoms with E-state index in [0.717, 1.165) is 22.3 Å². The molecule has 2 N–H and O–H groups in total. The van der Waals surface area contributed by atoms with E-state index in [1.807, 2.05) is 42.5 Å². The fourth-order valence-corrected chi connectivity index (χ4v) is 2.34. The largest absolute Gasteiger partial charge is 0.491 e. The summed E-state index contributed by atoms with van der Waals surface area (Å²) >= 11 is 3.42.